The van der Waals surface area contributed by atoms with Gasteiger partial charge in [-0.3, -0.25) is 24.1 Å². The molecule has 32 heavy (non-hydrogen) atoms. The molecule has 1 aromatic carbocycles. The lowest BCUT2D eigenvalue weighted by molar-refractivity contribution is -0.145. The molecule has 10 nitrogen and oxygen atoms in total. The first-order chi connectivity index (χ1) is 15.4. The van der Waals surface area contributed by atoms with Crippen molar-refractivity contribution in [2.24, 2.45) is 0 Å². The van der Waals surface area contributed by atoms with Crippen molar-refractivity contribution in [3.05, 3.63) is 24.3 Å². The van der Waals surface area contributed by atoms with Gasteiger partial charge in [0.25, 0.3) is 0 Å². The molecule has 174 valence electrons. The number of likely N-dealkylation sites (N-methyl/N-ethyl adjacent to an activating group) is 1. The van der Waals surface area contributed by atoms with Gasteiger partial charge in [-0.15, -0.1) is 0 Å². The van der Waals surface area contributed by atoms with Crippen molar-refractivity contribution < 1.29 is 19.2 Å². The molecule has 0 saturated carbocycles. The molecular formula is C22H32N6O4. The minimum Gasteiger partial charge on any atom is -0.353 e. The first kappa shape index (κ1) is 23.7. The number of benzene rings is 1. The van der Waals surface area contributed by atoms with Crippen LogP contribution in [0.3, 0.4) is 0 Å². The molecule has 0 unspecified atom stereocenters. The average molecular weight is 445 g/mol. The number of amides is 4. The molecule has 2 aliphatic heterocycles. The van der Waals surface area contributed by atoms with Crippen LogP contribution in [-0.4, -0.2) is 96.7 Å². The number of carbonyl (C=O) groups excluding carboxylic acids is 4. The normalized spacial score (nSPS) is 19.9. The molecule has 0 bridgehead atoms. The predicted molar refractivity (Wildman–Crippen MR) is 121 cm³/mol. The minimum absolute atomic E-state index is 0.116. The Kier molecular flexibility index (Phi) is 8.18. The fourth-order valence-corrected chi connectivity index (χ4v) is 3.99. The summed E-state index contributed by atoms with van der Waals surface area (Å²) in [6.07, 6.45) is -0.116. The largest absolute Gasteiger partial charge is 0.353 e. The Balaban J connectivity index is 1.56. The highest BCUT2D eigenvalue weighted by molar-refractivity contribution is 5.98. The van der Waals surface area contributed by atoms with Crippen LogP contribution >= 0.6 is 0 Å². The van der Waals surface area contributed by atoms with Crippen molar-refractivity contribution in [3.8, 4) is 0 Å². The molecule has 2 heterocycles. The molecule has 1 aromatic rings. The molecule has 3 rings (SSSR count). The summed E-state index contributed by atoms with van der Waals surface area (Å²) in [5, 5.41) is 8.17. The van der Waals surface area contributed by atoms with Gasteiger partial charge in [0.1, 0.15) is 6.04 Å². The van der Waals surface area contributed by atoms with E-state index >= 15 is 0 Å². The van der Waals surface area contributed by atoms with Gasteiger partial charge >= 0.3 is 0 Å². The van der Waals surface area contributed by atoms with Gasteiger partial charge < -0.3 is 25.8 Å². The number of anilines is 2. The van der Waals surface area contributed by atoms with Crippen LogP contribution in [0.5, 0.6) is 0 Å². The summed E-state index contributed by atoms with van der Waals surface area (Å²) >= 11 is 0. The zero-order valence-electron chi connectivity index (χ0n) is 18.7. The van der Waals surface area contributed by atoms with Gasteiger partial charge in [-0.05, 0) is 30.8 Å². The highest BCUT2D eigenvalue weighted by atomic mass is 16.2. The van der Waals surface area contributed by atoms with Crippen molar-refractivity contribution >= 4 is 35.0 Å². The Labute approximate surface area is 188 Å². The van der Waals surface area contributed by atoms with Crippen LogP contribution in [0.25, 0.3) is 0 Å². The van der Waals surface area contributed by atoms with Gasteiger partial charge in [0.05, 0.1) is 13.0 Å². The van der Waals surface area contributed by atoms with E-state index in [0.717, 1.165) is 32.7 Å². The van der Waals surface area contributed by atoms with Crippen LogP contribution in [0.4, 0.5) is 11.4 Å². The second-order valence-corrected chi connectivity index (χ2v) is 8.12. The van der Waals surface area contributed by atoms with Crippen LogP contribution in [-0.2, 0) is 19.2 Å². The molecule has 3 N–H and O–H groups in total. The number of carbonyl (C=O) groups is 4. The van der Waals surface area contributed by atoms with E-state index in [0.29, 0.717) is 24.5 Å². The minimum atomic E-state index is -0.827. The van der Waals surface area contributed by atoms with Crippen LogP contribution in [0.2, 0.25) is 0 Å². The van der Waals surface area contributed by atoms with Crippen molar-refractivity contribution in [2.75, 3.05) is 63.0 Å². The molecule has 0 aromatic heterocycles. The lowest BCUT2D eigenvalue weighted by atomic mass is 10.1. The van der Waals surface area contributed by atoms with E-state index in [-0.39, 0.29) is 36.6 Å². The third kappa shape index (κ3) is 6.51. The zero-order valence-corrected chi connectivity index (χ0v) is 18.7. The van der Waals surface area contributed by atoms with E-state index in [1.165, 1.54) is 11.8 Å². The molecular weight excluding hydrogens is 412 g/mol. The fourth-order valence-electron chi connectivity index (χ4n) is 3.99. The molecule has 2 saturated heterocycles. The maximum absolute atomic E-state index is 13.0. The molecule has 2 aliphatic rings. The summed E-state index contributed by atoms with van der Waals surface area (Å²) in [7, 11) is 0. The quantitative estimate of drug-likeness (QED) is 0.543. The summed E-state index contributed by atoms with van der Waals surface area (Å²) in [6, 6.07) is 5.87. The average Bonchev–Trinajstić information content (AvgIpc) is 2.76. The maximum atomic E-state index is 13.0. The van der Waals surface area contributed by atoms with Gasteiger partial charge in [0.2, 0.25) is 23.6 Å². The van der Waals surface area contributed by atoms with Crippen LogP contribution in [0, 0.1) is 0 Å². The first-order valence-corrected chi connectivity index (χ1v) is 11.0. The summed E-state index contributed by atoms with van der Waals surface area (Å²) < 4.78 is 0. The molecule has 1 atom stereocenters. The predicted octanol–water partition coefficient (Wildman–Crippen LogP) is -0.0619. The molecule has 0 spiro atoms. The van der Waals surface area contributed by atoms with Gasteiger partial charge in [0.15, 0.2) is 0 Å². The van der Waals surface area contributed by atoms with Crippen molar-refractivity contribution in [1.29, 1.82) is 0 Å². The van der Waals surface area contributed by atoms with Gasteiger partial charge in [0, 0.05) is 57.6 Å². The van der Waals surface area contributed by atoms with E-state index in [1.54, 1.807) is 24.3 Å². The van der Waals surface area contributed by atoms with E-state index < -0.39 is 6.04 Å². The van der Waals surface area contributed by atoms with Crippen molar-refractivity contribution in [3.63, 3.8) is 0 Å². The molecule has 0 radical (unpaired) electrons. The lowest BCUT2D eigenvalue weighted by Gasteiger charge is -2.38. The van der Waals surface area contributed by atoms with E-state index in [2.05, 4.69) is 32.7 Å². The maximum Gasteiger partial charge on any atom is 0.243 e. The van der Waals surface area contributed by atoms with E-state index in [1.807, 2.05) is 0 Å². The summed E-state index contributed by atoms with van der Waals surface area (Å²) in [5.41, 5.74) is 1.17. The standard InChI is InChI=1S/C22H32N6O4/c1-3-26-10-12-27(13-11-26)15-21(31)28-9-8-23-22(32)19(28)14-20(30)25-18-6-4-17(5-7-18)24-16(2)29/h4-7,19H,3,8-15H2,1-2H3,(H,23,32)(H,24,29)(H,25,30)/t19-/m1/s1. The first-order valence-electron chi connectivity index (χ1n) is 11.0. The van der Waals surface area contributed by atoms with Crippen molar-refractivity contribution in [2.45, 2.75) is 26.3 Å². The Morgan fingerprint density at radius 3 is 2.16 bits per heavy atom. The van der Waals surface area contributed by atoms with Gasteiger partial charge in [-0.2, -0.15) is 0 Å². The number of hydrogen-bond donors (Lipinski definition) is 3. The highest BCUT2D eigenvalue weighted by Crippen LogP contribution is 2.16. The Bertz CT molecular complexity index is 835. The zero-order chi connectivity index (χ0) is 23.1. The van der Waals surface area contributed by atoms with Crippen molar-refractivity contribution in [1.82, 2.24) is 20.0 Å². The molecule has 2 fully saturated rings. The number of piperazine rings is 2. The highest BCUT2D eigenvalue weighted by Gasteiger charge is 2.35. The fraction of sp³-hybridized carbons (Fsp3) is 0.545. The third-order valence-electron chi connectivity index (χ3n) is 5.79. The topological polar surface area (TPSA) is 114 Å². The molecule has 10 heteroatoms. The number of nitrogens with one attached hydrogen (secondary N) is 3. The number of nitrogens with zero attached hydrogens (tertiary/aromatic N) is 3. The van der Waals surface area contributed by atoms with Gasteiger partial charge in [-0.25, -0.2) is 0 Å². The van der Waals surface area contributed by atoms with E-state index in [9.17, 15) is 19.2 Å². The summed E-state index contributed by atoms with van der Waals surface area (Å²) in [4.78, 5) is 55.1. The Morgan fingerprint density at radius 2 is 1.56 bits per heavy atom. The second kappa shape index (κ2) is 11.1. The van der Waals surface area contributed by atoms with Crippen LogP contribution in [0.1, 0.15) is 20.3 Å². The van der Waals surface area contributed by atoms with Crippen LogP contribution < -0.4 is 16.0 Å². The number of rotatable bonds is 7. The summed E-state index contributed by atoms with van der Waals surface area (Å²) in [5.74, 6) is -0.963. The smallest absolute Gasteiger partial charge is 0.243 e. The van der Waals surface area contributed by atoms with E-state index in [4.69, 9.17) is 0 Å². The monoisotopic (exact) mass is 444 g/mol. The Hall–Kier alpha value is -2.98. The molecule has 0 aliphatic carbocycles. The lowest BCUT2D eigenvalue weighted by Crippen LogP contribution is -2.60. The Morgan fingerprint density at radius 1 is 0.969 bits per heavy atom. The SMILES string of the molecule is CCN1CCN(CC(=O)N2CCNC(=O)[C@H]2CC(=O)Nc2ccc(NC(C)=O)cc2)CC1. The summed E-state index contributed by atoms with van der Waals surface area (Å²) in [6.45, 7) is 9.07. The van der Waals surface area contributed by atoms with Gasteiger partial charge in [-0.1, -0.05) is 6.92 Å². The van der Waals surface area contributed by atoms with Crippen LogP contribution in [0.15, 0.2) is 24.3 Å². The number of hydrogen-bond acceptors (Lipinski definition) is 6. The third-order valence-corrected chi connectivity index (χ3v) is 5.79. The second-order valence-electron chi connectivity index (χ2n) is 8.12. The molecule has 4 amide bonds.